The summed E-state index contributed by atoms with van der Waals surface area (Å²) in [6.07, 6.45) is 8.40. The van der Waals surface area contributed by atoms with Crippen molar-refractivity contribution in [3.05, 3.63) is 18.7 Å². The van der Waals surface area contributed by atoms with Crippen LogP contribution in [0.2, 0.25) is 0 Å². The maximum Gasteiger partial charge on any atom is 0.243 e. The lowest BCUT2D eigenvalue weighted by atomic mass is 10.5. The molecule has 0 saturated carbocycles. The molecule has 3 heteroatoms. The number of aryl methyl sites for hydroxylation is 2. The maximum atomic E-state index is 6.86. The van der Waals surface area contributed by atoms with Gasteiger partial charge in [0, 0.05) is 6.42 Å². The minimum atomic E-state index is 0.818. The molecule has 60 valence electrons. The minimum Gasteiger partial charge on any atom is -0.313 e. The van der Waals surface area contributed by atoms with E-state index in [9.17, 15) is 0 Å². The molecule has 0 aliphatic heterocycles. The number of imidazole rings is 1. The van der Waals surface area contributed by atoms with Gasteiger partial charge in [-0.1, -0.05) is 0 Å². The largest absolute Gasteiger partial charge is 0.313 e. The second-order valence-corrected chi connectivity index (χ2v) is 2.47. The molecular weight excluding hydrogens is 138 g/mol. The van der Waals surface area contributed by atoms with Gasteiger partial charge in [0.05, 0.1) is 13.1 Å². The normalized spacial score (nSPS) is 9.91. The van der Waals surface area contributed by atoms with Crippen LogP contribution in [0.15, 0.2) is 18.7 Å². The minimum absolute atomic E-state index is 0.818. The lowest BCUT2D eigenvalue weighted by molar-refractivity contribution is -0.694. The first-order valence-electron chi connectivity index (χ1n) is 3.90. The van der Waals surface area contributed by atoms with Gasteiger partial charge in [-0.05, 0) is 13.1 Å². The quantitative estimate of drug-likeness (QED) is 0.490. The lowest BCUT2D eigenvalue weighted by Gasteiger charge is -1.88. The van der Waals surface area contributed by atoms with Crippen LogP contribution in [0.4, 0.5) is 0 Å². The zero-order valence-electron chi connectivity index (χ0n) is 6.83. The standard InChI is InChI=1S/C8H14N3/c1-2-10-6-7-11(8-10)5-3-4-9/h4,6-9H,2-3,5H2,1H3/q+1. The van der Waals surface area contributed by atoms with E-state index in [2.05, 4.69) is 22.4 Å². The summed E-state index contributed by atoms with van der Waals surface area (Å²) < 4.78 is 4.21. The van der Waals surface area contributed by atoms with Crippen molar-refractivity contribution < 1.29 is 4.57 Å². The van der Waals surface area contributed by atoms with E-state index < -0.39 is 0 Å². The predicted molar refractivity (Wildman–Crippen MR) is 43.7 cm³/mol. The van der Waals surface area contributed by atoms with Gasteiger partial charge >= 0.3 is 0 Å². The Balaban J connectivity index is 2.50. The van der Waals surface area contributed by atoms with E-state index in [1.165, 1.54) is 6.21 Å². The van der Waals surface area contributed by atoms with Crippen LogP contribution in [0, 0.1) is 5.41 Å². The van der Waals surface area contributed by atoms with Crippen LogP contribution < -0.4 is 4.57 Å². The molecule has 0 saturated heterocycles. The summed E-state index contributed by atoms with van der Waals surface area (Å²) >= 11 is 0. The van der Waals surface area contributed by atoms with Crippen LogP contribution in [0.5, 0.6) is 0 Å². The lowest BCUT2D eigenvalue weighted by Crippen LogP contribution is -2.30. The number of nitrogens with one attached hydrogen (secondary N) is 1. The van der Waals surface area contributed by atoms with Crippen LogP contribution in [0.1, 0.15) is 13.3 Å². The third kappa shape index (κ3) is 2.18. The van der Waals surface area contributed by atoms with E-state index in [1.807, 2.05) is 12.4 Å². The van der Waals surface area contributed by atoms with Gasteiger partial charge in [-0.15, -0.1) is 0 Å². The molecule has 1 aromatic rings. The molecule has 0 aromatic carbocycles. The van der Waals surface area contributed by atoms with E-state index in [0.29, 0.717) is 0 Å². The summed E-state index contributed by atoms with van der Waals surface area (Å²) in [7, 11) is 0. The summed E-state index contributed by atoms with van der Waals surface area (Å²) in [6.45, 7) is 4.04. The average Bonchev–Trinajstić information content (AvgIpc) is 2.48. The fraction of sp³-hybridized carbons (Fsp3) is 0.500. The summed E-state index contributed by atoms with van der Waals surface area (Å²) in [5, 5.41) is 6.86. The molecule has 0 amide bonds. The zero-order chi connectivity index (χ0) is 8.10. The molecule has 0 atom stereocenters. The Labute approximate surface area is 66.8 Å². The van der Waals surface area contributed by atoms with E-state index in [-0.39, 0.29) is 0 Å². The van der Waals surface area contributed by atoms with Crippen LogP contribution in [-0.4, -0.2) is 10.8 Å². The number of nitrogens with zero attached hydrogens (tertiary/aromatic N) is 2. The van der Waals surface area contributed by atoms with E-state index in [1.54, 1.807) is 0 Å². The molecule has 3 nitrogen and oxygen atoms in total. The molecule has 11 heavy (non-hydrogen) atoms. The molecule has 0 radical (unpaired) electrons. The van der Waals surface area contributed by atoms with Crippen LogP contribution in [-0.2, 0) is 13.1 Å². The van der Waals surface area contributed by atoms with E-state index in [4.69, 9.17) is 5.41 Å². The van der Waals surface area contributed by atoms with Crippen molar-refractivity contribution in [2.45, 2.75) is 26.4 Å². The molecule has 0 fully saturated rings. The van der Waals surface area contributed by atoms with Gasteiger partial charge < -0.3 is 5.41 Å². The Morgan fingerprint density at radius 1 is 1.64 bits per heavy atom. The molecule has 0 spiro atoms. The van der Waals surface area contributed by atoms with Gasteiger partial charge in [-0.25, -0.2) is 9.13 Å². The van der Waals surface area contributed by atoms with Gasteiger partial charge in [0.1, 0.15) is 12.4 Å². The van der Waals surface area contributed by atoms with Gasteiger partial charge in [0.15, 0.2) is 0 Å². The van der Waals surface area contributed by atoms with Gasteiger partial charge in [0.25, 0.3) is 0 Å². The monoisotopic (exact) mass is 152 g/mol. The Hall–Kier alpha value is -1.12. The zero-order valence-corrected chi connectivity index (χ0v) is 6.83. The Morgan fingerprint density at radius 2 is 2.45 bits per heavy atom. The molecule has 0 bridgehead atoms. The van der Waals surface area contributed by atoms with Crippen molar-refractivity contribution >= 4 is 6.21 Å². The number of aromatic nitrogens is 2. The van der Waals surface area contributed by atoms with Gasteiger partial charge in [-0.2, -0.15) is 0 Å². The second-order valence-electron chi connectivity index (χ2n) is 2.47. The molecule has 0 aliphatic carbocycles. The van der Waals surface area contributed by atoms with Gasteiger partial charge in [0.2, 0.25) is 6.33 Å². The van der Waals surface area contributed by atoms with Crippen LogP contribution in [0.3, 0.4) is 0 Å². The van der Waals surface area contributed by atoms with Gasteiger partial charge in [-0.3, -0.25) is 0 Å². The molecule has 0 unspecified atom stereocenters. The Morgan fingerprint density at radius 3 is 3.00 bits per heavy atom. The predicted octanol–water partition coefficient (Wildman–Crippen LogP) is 0.835. The van der Waals surface area contributed by atoms with E-state index >= 15 is 0 Å². The van der Waals surface area contributed by atoms with Crippen molar-refractivity contribution in [3.8, 4) is 0 Å². The highest BCUT2D eigenvalue weighted by atomic mass is 15.1. The first kappa shape index (κ1) is 7.98. The highest BCUT2D eigenvalue weighted by Crippen LogP contribution is 1.83. The molecule has 1 N–H and O–H groups in total. The van der Waals surface area contributed by atoms with Crippen molar-refractivity contribution in [1.29, 1.82) is 5.41 Å². The summed E-state index contributed by atoms with van der Waals surface area (Å²) in [6, 6.07) is 0. The van der Waals surface area contributed by atoms with Crippen molar-refractivity contribution in [2.75, 3.05) is 0 Å². The highest BCUT2D eigenvalue weighted by molar-refractivity contribution is 5.52. The van der Waals surface area contributed by atoms with E-state index in [0.717, 1.165) is 19.5 Å². The third-order valence-electron chi connectivity index (χ3n) is 1.64. The molecule has 1 aromatic heterocycles. The van der Waals surface area contributed by atoms with Crippen LogP contribution >= 0.6 is 0 Å². The first-order chi connectivity index (χ1) is 5.36. The number of hydrogen-bond acceptors (Lipinski definition) is 1. The summed E-state index contributed by atoms with van der Waals surface area (Å²) in [5.74, 6) is 0. The second kappa shape index (κ2) is 3.91. The Bertz CT molecular complexity index is 227. The fourth-order valence-electron chi connectivity index (χ4n) is 0.972. The molecule has 1 heterocycles. The van der Waals surface area contributed by atoms with Crippen molar-refractivity contribution in [3.63, 3.8) is 0 Å². The molecule has 1 rings (SSSR count). The van der Waals surface area contributed by atoms with Crippen molar-refractivity contribution in [2.24, 2.45) is 0 Å². The third-order valence-corrected chi connectivity index (χ3v) is 1.64. The topological polar surface area (TPSA) is 32.7 Å². The summed E-state index contributed by atoms with van der Waals surface area (Å²) in [5.41, 5.74) is 0. The van der Waals surface area contributed by atoms with Crippen LogP contribution in [0.25, 0.3) is 0 Å². The SMILES string of the molecule is CCn1cc[n+](CCC=N)c1. The first-order valence-corrected chi connectivity index (χ1v) is 3.90. The number of hydrogen-bond donors (Lipinski definition) is 1. The summed E-state index contributed by atoms with van der Waals surface area (Å²) in [4.78, 5) is 0. The van der Waals surface area contributed by atoms with Crippen molar-refractivity contribution in [1.82, 2.24) is 4.57 Å². The molecular formula is C8H14N3+. The highest BCUT2D eigenvalue weighted by Gasteiger charge is 1.98. The smallest absolute Gasteiger partial charge is 0.243 e. The fourth-order valence-corrected chi connectivity index (χ4v) is 0.972. The average molecular weight is 152 g/mol. The number of rotatable bonds is 4. The Kier molecular flexibility index (Phi) is 2.83. The molecule has 0 aliphatic rings. The maximum absolute atomic E-state index is 6.86.